The van der Waals surface area contributed by atoms with Crippen LogP contribution in [0.2, 0.25) is 0 Å². The number of hydroxylamine groups is 1. The predicted molar refractivity (Wildman–Crippen MR) is 65.7 cm³/mol. The molecule has 0 bridgehead atoms. The standard InChI is InChI=1S/C6H12INO2.C3H7NO/c7-9-10-8-6-4-2-1-3-5-6;1-2-3(4)5/h6,8H,1-5H2;2H2,1H3,(H2,4,5). The minimum atomic E-state index is -0.245. The Balaban J connectivity index is 0.000000336. The molecule has 90 valence electrons. The highest BCUT2D eigenvalue weighted by molar-refractivity contribution is 14.1. The van der Waals surface area contributed by atoms with Crippen molar-refractivity contribution in [2.24, 2.45) is 5.73 Å². The largest absolute Gasteiger partial charge is 0.370 e. The molecule has 0 aliphatic heterocycles. The SMILES string of the molecule is CCC(N)=O.IOONC1CCCCC1. The fraction of sp³-hybridized carbons (Fsp3) is 0.889. The van der Waals surface area contributed by atoms with E-state index >= 15 is 0 Å². The summed E-state index contributed by atoms with van der Waals surface area (Å²) in [4.78, 5) is 14.2. The van der Waals surface area contributed by atoms with Crippen LogP contribution in [0.25, 0.3) is 0 Å². The molecule has 0 heterocycles. The number of amides is 1. The predicted octanol–water partition coefficient (Wildman–Crippen LogP) is 2.00. The van der Waals surface area contributed by atoms with Gasteiger partial charge in [0.1, 0.15) is 0 Å². The molecular formula is C9H19IN2O3. The zero-order valence-corrected chi connectivity index (χ0v) is 11.2. The van der Waals surface area contributed by atoms with Gasteiger partial charge in [-0.25, -0.2) is 0 Å². The molecule has 0 atom stereocenters. The molecule has 1 aliphatic carbocycles. The lowest BCUT2D eigenvalue weighted by atomic mass is 9.96. The minimum absolute atomic E-state index is 0.245. The van der Waals surface area contributed by atoms with Gasteiger partial charge >= 0.3 is 0 Å². The van der Waals surface area contributed by atoms with E-state index in [1.165, 1.54) is 32.1 Å². The number of nitrogens with two attached hydrogens (primary N) is 1. The number of carbonyl (C=O) groups is 1. The van der Waals surface area contributed by atoms with Gasteiger partial charge < -0.3 is 5.73 Å². The number of primary amides is 1. The summed E-state index contributed by atoms with van der Waals surface area (Å²) in [5, 5.41) is 0. The average Bonchev–Trinajstić information content (AvgIpc) is 2.28. The van der Waals surface area contributed by atoms with Gasteiger partial charge in [-0.1, -0.05) is 26.2 Å². The Morgan fingerprint density at radius 1 is 1.47 bits per heavy atom. The van der Waals surface area contributed by atoms with Crippen molar-refractivity contribution >= 4 is 28.9 Å². The van der Waals surface area contributed by atoms with Gasteiger partial charge in [0.2, 0.25) is 5.91 Å². The van der Waals surface area contributed by atoms with Crippen LogP contribution < -0.4 is 11.2 Å². The number of nitrogens with one attached hydrogen (secondary N) is 1. The number of hydrogen-bond donors (Lipinski definition) is 2. The molecule has 0 saturated heterocycles. The molecule has 0 radical (unpaired) electrons. The fourth-order valence-corrected chi connectivity index (χ4v) is 1.41. The Hall–Kier alpha value is 0.0800. The maximum atomic E-state index is 9.59. The molecule has 1 saturated carbocycles. The van der Waals surface area contributed by atoms with Gasteiger partial charge in [0.05, 0.1) is 0 Å². The van der Waals surface area contributed by atoms with Crippen molar-refractivity contribution in [1.82, 2.24) is 5.48 Å². The van der Waals surface area contributed by atoms with Crippen LogP contribution in [0.5, 0.6) is 0 Å². The van der Waals surface area contributed by atoms with E-state index in [1.54, 1.807) is 29.9 Å². The van der Waals surface area contributed by atoms with Crippen molar-refractivity contribution < 1.29 is 13.0 Å². The van der Waals surface area contributed by atoms with Crippen LogP contribution in [0.4, 0.5) is 0 Å². The lowest BCUT2D eigenvalue weighted by Crippen LogP contribution is -2.30. The summed E-state index contributed by atoms with van der Waals surface area (Å²) in [6, 6.07) is 0.503. The van der Waals surface area contributed by atoms with E-state index in [0.29, 0.717) is 12.5 Å². The number of hydrogen-bond acceptors (Lipinski definition) is 4. The second-order valence-corrected chi connectivity index (χ2v) is 3.78. The van der Waals surface area contributed by atoms with Crippen LogP contribution in [0, 0.1) is 0 Å². The molecule has 1 rings (SSSR count). The minimum Gasteiger partial charge on any atom is -0.370 e. The lowest BCUT2D eigenvalue weighted by molar-refractivity contribution is -0.234. The Morgan fingerprint density at radius 2 is 2.00 bits per heavy atom. The van der Waals surface area contributed by atoms with Gasteiger partial charge in [-0.05, 0) is 12.8 Å². The van der Waals surface area contributed by atoms with Gasteiger partial charge in [0.25, 0.3) is 0 Å². The first-order valence-electron chi connectivity index (χ1n) is 5.18. The highest BCUT2D eigenvalue weighted by Gasteiger charge is 2.12. The van der Waals surface area contributed by atoms with E-state index in [4.69, 9.17) is 0 Å². The summed E-state index contributed by atoms with van der Waals surface area (Å²) < 4.78 is 4.40. The van der Waals surface area contributed by atoms with Crippen LogP contribution in [0.3, 0.4) is 0 Å². The normalized spacial score (nSPS) is 16.7. The molecule has 0 aromatic carbocycles. The molecule has 15 heavy (non-hydrogen) atoms. The van der Waals surface area contributed by atoms with Crippen molar-refractivity contribution in [2.45, 2.75) is 51.5 Å². The molecule has 1 aliphatic rings. The first-order chi connectivity index (χ1) is 7.20. The molecule has 3 N–H and O–H groups in total. The van der Waals surface area contributed by atoms with Crippen LogP contribution >= 0.6 is 23.0 Å². The van der Waals surface area contributed by atoms with Gasteiger partial charge in [-0.2, -0.15) is 5.48 Å². The van der Waals surface area contributed by atoms with Crippen molar-refractivity contribution in [3.63, 3.8) is 0 Å². The van der Waals surface area contributed by atoms with Crippen LogP contribution in [-0.4, -0.2) is 11.9 Å². The first-order valence-corrected chi connectivity index (χ1v) is 6.06. The second kappa shape index (κ2) is 10.6. The molecule has 1 fully saturated rings. The second-order valence-electron chi connectivity index (χ2n) is 3.42. The van der Waals surface area contributed by atoms with Gasteiger partial charge in [-0.3, -0.25) is 4.79 Å². The zero-order chi connectivity index (χ0) is 11.5. The molecule has 5 nitrogen and oxygen atoms in total. The number of carbonyl (C=O) groups excluding carboxylic acids is 1. The van der Waals surface area contributed by atoms with Gasteiger partial charge in [-0.15, -0.1) is 8.21 Å². The summed E-state index contributed by atoms with van der Waals surface area (Å²) in [5.74, 6) is -0.245. The monoisotopic (exact) mass is 330 g/mol. The fourth-order valence-electron chi connectivity index (χ4n) is 1.31. The topological polar surface area (TPSA) is 73.6 Å². The number of halogens is 1. The molecular weight excluding hydrogens is 311 g/mol. The van der Waals surface area contributed by atoms with Crippen molar-refractivity contribution in [3.05, 3.63) is 0 Å². The summed E-state index contributed by atoms with van der Waals surface area (Å²) in [6.07, 6.45) is 6.84. The third kappa shape index (κ3) is 10.4. The van der Waals surface area contributed by atoms with Gasteiger partial charge in [0.15, 0.2) is 23.0 Å². The first kappa shape index (κ1) is 15.1. The summed E-state index contributed by atoms with van der Waals surface area (Å²) in [6.45, 7) is 1.72. The summed E-state index contributed by atoms with van der Waals surface area (Å²) in [7, 11) is 0. The van der Waals surface area contributed by atoms with Crippen LogP contribution in [0.1, 0.15) is 45.4 Å². The molecule has 0 aromatic rings. The Bertz CT molecular complexity index is 163. The quantitative estimate of drug-likeness (QED) is 0.470. The summed E-state index contributed by atoms with van der Waals surface area (Å²) >= 11 is 1.70. The molecule has 0 spiro atoms. The van der Waals surface area contributed by atoms with E-state index in [2.05, 4.69) is 19.4 Å². The number of rotatable bonds is 4. The van der Waals surface area contributed by atoms with Crippen molar-refractivity contribution in [2.75, 3.05) is 0 Å². The Labute approximate surface area is 105 Å². The average molecular weight is 330 g/mol. The van der Waals surface area contributed by atoms with Gasteiger partial charge in [0, 0.05) is 12.5 Å². The highest BCUT2D eigenvalue weighted by Crippen LogP contribution is 2.17. The Kier molecular flexibility index (Phi) is 10.6. The van der Waals surface area contributed by atoms with E-state index in [0.717, 1.165) is 0 Å². The zero-order valence-electron chi connectivity index (χ0n) is 9.00. The summed E-state index contributed by atoms with van der Waals surface area (Å²) in [5.41, 5.74) is 7.49. The molecule has 1 amide bonds. The van der Waals surface area contributed by atoms with Crippen LogP contribution in [0.15, 0.2) is 0 Å². The molecule has 0 aromatic heterocycles. The third-order valence-corrected chi connectivity index (χ3v) is 2.38. The van der Waals surface area contributed by atoms with E-state index in [9.17, 15) is 4.79 Å². The third-order valence-electron chi connectivity index (χ3n) is 2.20. The Morgan fingerprint density at radius 3 is 2.40 bits per heavy atom. The highest BCUT2D eigenvalue weighted by atomic mass is 127. The van der Waals surface area contributed by atoms with Crippen molar-refractivity contribution in [1.29, 1.82) is 0 Å². The van der Waals surface area contributed by atoms with E-state index < -0.39 is 0 Å². The maximum absolute atomic E-state index is 9.59. The van der Waals surface area contributed by atoms with Crippen molar-refractivity contribution in [3.8, 4) is 0 Å². The maximum Gasteiger partial charge on any atom is 0.217 e. The lowest BCUT2D eigenvalue weighted by Gasteiger charge is -2.20. The van der Waals surface area contributed by atoms with Crippen LogP contribution in [-0.2, 0) is 13.0 Å². The molecule has 6 heteroatoms. The smallest absolute Gasteiger partial charge is 0.217 e. The van der Waals surface area contributed by atoms with E-state index in [-0.39, 0.29) is 5.91 Å². The van der Waals surface area contributed by atoms with E-state index in [1.807, 2.05) is 0 Å². The molecule has 0 unspecified atom stereocenters.